The second-order valence-corrected chi connectivity index (χ2v) is 20.2. The van der Waals surface area contributed by atoms with Crippen molar-refractivity contribution in [3.05, 3.63) is 218 Å². The van der Waals surface area contributed by atoms with Crippen LogP contribution in [0.3, 0.4) is 0 Å². The van der Waals surface area contributed by atoms with Gasteiger partial charge in [0.25, 0.3) is 0 Å². The third-order valence-electron chi connectivity index (χ3n) is 16.1. The number of hydrogen-bond acceptors (Lipinski definition) is 2. The van der Waals surface area contributed by atoms with Gasteiger partial charge in [0.1, 0.15) is 78.5 Å². The molecule has 72 heavy (non-hydrogen) atoms. The van der Waals surface area contributed by atoms with E-state index in [1.807, 2.05) is 0 Å². The van der Waals surface area contributed by atoms with Crippen LogP contribution in [0.2, 0.25) is 0 Å². The molecule has 0 fully saturated rings. The topological polar surface area (TPSA) is 6.48 Å². The van der Waals surface area contributed by atoms with Crippen molar-refractivity contribution in [2.75, 3.05) is 9.80 Å². The van der Waals surface area contributed by atoms with E-state index in [1.54, 1.807) is 0 Å². The van der Waals surface area contributed by atoms with Crippen LogP contribution in [0.1, 0.15) is 41.4 Å². The quantitative estimate of drug-likeness (QED) is 0.111. The minimum atomic E-state index is 0.391. The van der Waals surface area contributed by atoms with E-state index in [4.69, 9.17) is 6.58 Å². The Bertz CT molecular complexity index is 3350. The van der Waals surface area contributed by atoms with Gasteiger partial charge in [0, 0.05) is 46.0 Å². The van der Waals surface area contributed by atoms with Crippen molar-refractivity contribution in [1.82, 2.24) is 0 Å². The second-order valence-electron chi connectivity index (χ2n) is 20.2. The molecule has 0 heterocycles. The Morgan fingerprint density at radius 2 is 0.833 bits per heavy atom. The fraction of sp³-hybridized carbons (Fsp3) is 0.0667. The zero-order chi connectivity index (χ0) is 50.8. The molecule has 0 aliphatic heterocycles. The number of benzene rings is 7. The van der Waals surface area contributed by atoms with Gasteiger partial charge < -0.3 is 9.80 Å². The van der Waals surface area contributed by atoms with Gasteiger partial charge in [-0.15, -0.1) is 10.9 Å². The van der Waals surface area contributed by atoms with E-state index in [0.29, 0.717) is 11.8 Å². The number of allylic oxidation sites excluding steroid dienone is 11. The van der Waals surface area contributed by atoms with Crippen molar-refractivity contribution < 1.29 is 0 Å². The number of rotatable bonds is 13. The van der Waals surface area contributed by atoms with E-state index >= 15 is 0 Å². The first kappa shape index (κ1) is 49.9. The molecule has 0 N–H and O–H groups in total. The molecule has 0 spiro atoms. The van der Waals surface area contributed by atoms with Gasteiger partial charge in [0.2, 0.25) is 0 Å². The van der Waals surface area contributed by atoms with Crippen LogP contribution in [-0.4, -0.2) is 78.5 Å². The minimum Gasteiger partial charge on any atom is -0.312 e. The average molecular weight is 917 g/mol. The summed E-state index contributed by atoms with van der Waals surface area (Å²) in [5.74, 6) is 0.797. The summed E-state index contributed by atoms with van der Waals surface area (Å²) in [5.41, 5.74) is 29.2. The van der Waals surface area contributed by atoms with Crippen LogP contribution in [0.15, 0.2) is 201 Å². The van der Waals surface area contributed by atoms with E-state index in [2.05, 4.69) is 277 Å². The summed E-state index contributed by atoms with van der Waals surface area (Å²) in [6.07, 6.45) is 24.0. The van der Waals surface area contributed by atoms with E-state index in [0.717, 1.165) is 57.9 Å². The maximum absolute atomic E-state index is 4.71. The van der Waals surface area contributed by atoms with Gasteiger partial charge in [-0.3, -0.25) is 0 Å². The van der Waals surface area contributed by atoms with Crippen molar-refractivity contribution in [3.63, 3.8) is 0 Å². The lowest BCUT2D eigenvalue weighted by molar-refractivity contribution is 0.853. The lowest BCUT2D eigenvalue weighted by atomic mass is 9.61. The van der Waals surface area contributed by atoms with Crippen molar-refractivity contribution in [1.29, 1.82) is 0 Å². The molecule has 12 heteroatoms. The molecule has 2 aliphatic carbocycles. The lowest BCUT2D eigenvalue weighted by Crippen LogP contribution is -2.56. The van der Waals surface area contributed by atoms with Gasteiger partial charge >= 0.3 is 0 Å². The first-order valence-corrected chi connectivity index (χ1v) is 25.7. The molecule has 2 unspecified atom stereocenters. The molecule has 9 rings (SSSR count). The van der Waals surface area contributed by atoms with Crippen LogP contribution in [-0.2, 0) is 0 Å². The fourth-order valence-corrected chi connectivity index (χ4v) is 10.8. The molecule has 7 aromatic carbocycles. The predicted octanol–water partition coefficient (Wildman–Crippen LogP) is -0.805. The Hall–Kier alpha value is -7.03. The first-order valence-electron chi connectivity index (χ1n) is 25.7. The van der Waals surface area contributed by atoms with Crippen molar-refractivity contribution in [2.24, 2.45) is 0 Å². The third-order valence-corrected chi connectivity index (χ3v) is 16.1. The molecular formula is C60H60B10N2. The van der Waals surface area contributed by atoms with Crippen LogP contribution < -0.4 is 64.4 Å². The Morgan fingerprint density at radius 1 is 0.417 bits per heavy atom. The minimum absolute atomic E-state index is 0.391. The monoisotopic (exact) mass is 919 g/mol. The molecule has 2 nitrogen and oxygen atoms in total. The predicted molar refractivity (Wildman–Crippen MR) is 347 cm³/mol. The van der Waals surface area contributed by atoms with Gasteiger partial charge in [-0.05, 0) is 112 Å². The Kier molecular flexibility index (Phi) is 14.8. The van der Waals surface area contributed by atoms with Crippen LogP contribution in [0.5, 0.6) is 0 Å². The molecule has 0 bridgehead atoms. The van der Waals surface area contributed by atoms with Crippen molar-refractivity contribution in [3.8, 4) is 22.3 Å². The zero-order valence-electron chi connectivity index (χ0n) is 44.2. The molecule has 2 aliphatic rings. The molecule has 0 saturated heterocycles. The molecule has 0 amide bonds. The summed E-state index contributed by atoms with van der Waals surface area (Å²) in [6, 6.07) is 45.0. The number of hydrogen-bond donors (Lipinski definition) is 0. The van der Waals surface area contributed by atoms with E-state index in [1.165, 1.54) is 88.3 Å². The molecular weight excluding hydrogens is 857 g/mol. The normalized spacial score (nSPS) is 14.9. The Balaban J connectivity index is 0.985. The van der Waals surface area contributed by atoms with Crippen LogP contribution >= 0.6 is 0 Å². The highest BCUT2D eigenvalue weighted by molar-refractivity contribution is 6.70. The van der Waals surface area contributed by atoms with Gasteiger partial charge in [-0.1, -0.05) is 184 Å². The molecule has 7 aromatic rings. The number of nitrogens with zero attached hydrogens (tertiary/aromatic N) is 2. The molecule has 2 atom stereocenters. The zero-order valence-corrected chi connectivity index (χ0v) is 44.2. The van der Waals surface area contributed by atoms with Crippen molar-refractivity contribution >= 4 is 167 Å². The smallest absolute Gasteiger partial charge is 0.141 e. The van der Waals surface area contributed by atoms with Gasteiger partial charge in [-0.25, -0.2) is 0 Å². The SMILES string of the molecule is Bc1c(B)c(B)c(N(C(=C)/C=C\C(=C)c2cccc(-c3cccc(-c4ccc(N(c5ccc(C6C=CC=CC6)cc5)c5c(B)c(B)c(B)c(B)c5B)cc4)c3)c2)c2ccc(C3C=CC=CC3)cc2)c(B)c1B. The van der Waals surface area contributed by atoms with Gasteiger partial charge in [-0.2, -0.15) is 0 Å². The van der Waals surface area contributed by atoms with E-state index in [9.17, 15) is 0 Å². The summed E-state index contributed by atoms with van der Waals surface area (Å²) in [6.45, 7) is 9.30. The molecule has 340 valence electrons. The van der Waals surface area contributed by atoms with Crippen LogP contribution in [0.25, 0.3) is 27.8 Å². The number of anilines is 5. The lowest BCUT2D eigenvalue weighted by Gasteiger charge is -2.32. The summed E-state index contributed by atoms with van der Waals surface area (Å²) in [5, 5.41) is 0. The average Bonchev–Trinajstić information content (AvgIpc) is 3.43. The first-order chi connectivity index (χ1) is 34.7. The summed E-state index contributed by atoms with van der Waals surface area (Å²) < 4.78 is 0. The highest BCUT2D eigenvalue weighted by atomic mass is 15.2. The van der Waals surface area contributed by atoms with Gasteiger partial charge in [0.15, 0.2) is 0 Å². The Morgan fingerprint density at radius 3 is 1.32 bits per heavy atom. The maximum Gasteiger partial charge on any atom is 0.141 e. The highest BCUT2D eigenvalue weighted by Gasteiger charge is 2.23. The van der Waals surface area contributed by atoms with Crippen LogP contribution in [0.4, 0.5) is 28.4 Å². The van der Waals surface area contributed by atoms with E-state index < -0.39 is 0 Å². The van der Waals surface area contributed by atoms with Crippen molar-refractivity contribution in [2.45, 2.75) is 24.7 Å². The molecule has 0 radical (unpaired) electrons. The largest absolute Gasteiger partial charge is 0.312 e. The Labute approximate surface area is 439 Å². The van der Waals surface area contributed by atoms with E-state index in [-0.39, 0.29) is 0 Å². The molecule has 0 saturated carbocycles. The maximum atomic E-state index is 4.71. The molecule has 0 aromatic heterocycles. The fourth-order valence-electron chi connectivity index (χ4n) is 10.8. The summed E-state index contributed by atoms with van der Waals surface area (Å²) in [7, 11) is 22.5. The summed E-state index contributed by atoms with van der Waals surface area (Å²) in [4.78, 5) is 4.79. The standard InChI is InChI=1S/C60H60B10N2/c1-35(19-20-36(2)71(59-55(67)51(63)49(61)52(64)56(59)68)46-27-21-39(22-28-46)37-11-5-3-6-12-37)42-15-9-17-44(33-42)45-18-10-16-43(34-45)41-25-31-48(32-26-41)72(60-57(69)53(65)50(62)54(66)58(60)70)47-29-23-40(24-30-47)38-13-7-4-8-14-38/h3-11,13,15-34,37-38H,1-2,12,14,61-70H2/b20-19-. The third kappa shape index (κ3) is 9.94. The van der Waals surface area contributed by atoms with Gasteiger partial charge in [0.05, 0.1) is 0 Å². The summed E-state index contributed by atoms with van der Waals surface area (Å²) >= 11 is 0. The highest BCUT2D eigenvalue weighted by Crippen LogP contribution is 2.37. The second kappa shape index (κ2) is 21.4. The van der Waals surface area contributed by atoms with Crippen LogP contribution in [0, 0.1) is 0 Å².